The first-order valence-electron chi connectivity index (χ1n) is 8.47. The van der Waals surface area contributed by atoms with Crippen LogP contribution in [0.25, 0.3) is 21.9 Å². The molecule has 0 spiro atoms. The maximum Gasteiger partial charge on any atom is 0.136 e. The van der Waals surface area contributed by atoms with E-state index >= 15 is 0 Å². The second kappa shape index (κ2) is 7.59. The van der Waals surface area contributed by atoms with Crippen molar-refractivity contribution in [3.63, 3.8) is 0 Å². The van der Waals surface area contributed by atoms with Crippen LogP contribution in [0.5, 0.6) is 5.75 Å². The van der Waals surface area contributed by atoms with E-state index < -0.39 is 0 Å². The number of benzene rings is 1. The summed E-state index contributed by atoms with van der Waals surface area (Å²) >= 11 is 0. The summed E-state index contributed by atoms with van der Waals surface area (Å²) in [5.74, 6) is 1.74. The molecule has 0 saturated heterocycles. The number of rotatable bonds is 8. The first kappa shape index (κ1) is 16.7. The van der Waals surface area contributed by atoms with Gasteiger partial charge in [-0.1, -0.05) is 6.92 Å². The fraction of sp³-hybridized carbons (Fsp3) is 0.444. The van der Waals surface area contributed by atoms with Crippen molar-refractivity contribution < 1.29 is 9.47 Å². The SMILES string of the molecule is CCCn1c(COCC)nc2cnc3cc(OCCN)ccc3c21. The molecule has 2 aromatic heterocycles. The Morgan fingerprint density at radius 2 is 2.08 bits per heavy atom. The zero-order valence-corrected chi connectivity index (χ0v) is 14.3. The topological polar surface area (TPSA) is 75.2 Å². The van der Waals surface area contributed by atoms with Gasteiger partial charge in [0.25, 0.3) is 0 Å². The lowest BCUT2D eigenvalue weighted by atomic mass is 10.2. The first-order chi connectivity index (χ1) is 11.8. The van der Waals surface area contributed by atoms with Gasteiger partial charge >= 0.3 is 0 Å². The van der Waals surface area contributed by atoms with Crippen LogP contribution in [0.15, 0.2) is 24.4 Å². The normalized spacial score (nSPS) is 11.5. The van der Waals surface area contributed by atoms with Gasteiger partial charge in [-0.2, -0.15) is 0 Å². The number of nitrogens with zero attached hydrogens (tertiary/aromatic N) is 3. The van der Waals surface area contributed by atoms with Gasteiger partial charge in [0, 0.05) is 31.1 Å². The molecule has 0 aliphatic carbocycles. The molecule has 0 aliphatic heterocycles. The average Bonchev–Trinajstić information content (AvgIpc) is 2.96. The zero-order chi connectivity index (χ0) is 16.9. The number of hydrogen-bond donors (Lipinski definition) is 1. The number of nitrogens with two attached hydrogens (primary N) is 1. The molecule has 2 heterocycles. The Balaban J connectivity index is 2.12. The molecule has 128 valence electrons. The number of aryl methyl sites for hydroxylation is 1. The highest BCUT2D eigenvalue weighted by molar-refractivity contribution is 6.02. The van der Waals surface area contributed by atoms with Crippen LogP contribution in [0, 0.1) is 0 Å². The third-order valence-corrected chi connectivity index (χ3v) is 3.89. The van der Waals surface area contributed by atoms with Gasteiger partial charge in [0.05, 0.1) is 17.2 Å². The van der Waals surface area contributed by atoms with Crippen LogP contribution in [0.3, 0.4) is 0 Å². The van der Waals surface area contributed by atoms with Gasteiger partial charge in [-0.3, -0.25) is 4.98 Å². The molecule has 0 saturated carbocycles. The van der Waals surface area contributed by atoms with Crippen LogP contribution in [-0.4, -0.2) is 34.3 Å². The van der Waals surface area contributed by atoms with Gasteiger partial charge in [-0.25, -0.2) is 4.98 Å². The van der Waals surface area contributed by atoms with Crippen LogP contribution in [0.4, 0.5) is 0 Å². The van der Waals surface area contributed by atoms with E-state index in [1.807, 2.05) is 25.3 Å². The highest BCUT2D eigenvalue weighted by Crippen LogP contribution is 2.28. The minimum absolute atomic E-state index is 0.495. The highest BCUT2D eigenvalue weighted by atomic mass is 16.5. The summed E-state index contributed by atoms with van der Waals surface area (Å²) in [6.45, 7) is 7.25. The smallest absolute Gasteiger partial charge is 0.136 e. The number of ether oxygens (including phenoxy) is 2. The van der Waals surface area contributed by atoms with E-state index in [0.717, 1.165) is 46.5 Å². The van der Waals surface area contributed by atoms with E-state index in [9.17, 15) is 0 Å². The second-order valence-electron chi connectivity index (χ2n) is 5.62. The standard InChI is InChI=1S/C18H24N4O2/c1-3-8-22-17(12-23-4-2)21-16-11-20-15-10-13(24-9-7-19)5-6-14(15)18(16)22/h5-6,10-11H,3-4,7-9,12,19H2,1-2H3. The molecule has 6 heteroatoms. The molecular formula is C18H24N4O2. The summed E-state index contributed by atoms with van der Waals surface area (Å²) in [6, 6.07) is 5.97. The first-order valence-corrected chi connectivity index (χ1v) is 8.47. The molecule has 0 fully saturated rings. The van der Waals surface area contributed by atoms with Gasteiger partial charge in [0.15, 0.2) is 0 Å². The van der Waals surface area contributed by atoms with Gasteiger partial charge < -0.3 is 19.8 Å². The van der Waals surface area contributed by atoms with E-state index in [2.05, 4.69) is 22.5 Å². The Hall–Kier alpha value is -2.18. The summed E-state index contributed by atoms with van der Waals surface area (Å²) in [5, 5.41) is 1.08. The molecule has 6 nitrogen and oxygen atoms in total. The van der Waals surface area contributed by atoms with Crippen molar-refractivity contribution in [2.75, 3.05) is 19.8 Å². The number of fused-ring (bicyclic) bond motifs is 3. The van der Waals surface area contributed by atoms with Gasteiger partial charge in [-0.15, -0.1) is 0 Å². The third-order valence-electron chi connectivity index (χ3n) is 3.89. The van der Waals surface area contributed by atoms with Crippen LogP contribution in [0.1, 0.15) is 26.1 Å². The van der Waals surface area contributed by atoms with Gasteiger partial charge in [0.2, 0.25) is 0 Å². The zero-order valence-electron chi connectivity index (χ0n) is 14.3. The van der Waals surface area contributed by atoms with E-state index in [1.165, 1.54) is 0 Å². The van der Waals surface area contributed by atoms with Crippen molar-refractivity contribution in [3.05, 3.63) is 30.2 Å². The maximum absolute atomic E-state index is 5.60. The van der Waals surface area contributed by atoms with Crippen molar-refractivity contribution in [2.45, 2.75) is 33.4 Å². The molecule has 1 aromatic carbocycles. The molecule has 3 aromatic rings. The fourth-order valence-corrected chi connectivity index (χ4v) is 2.88. The molecule has 0 atom stereocenters. The van der Waals surface area contributed by atoms with E-state index in [0.29, 0.717) is 26.4 Å². The Labute approximate surface area is 141 Å². The summed E-state index contributed by atoms with van der Waals surface area (Å²) in [4.78, 5) is 9.26. The summed E-state index contributed by atoms with van der Waals surface area (Å²) in [6.07, 6.45) is 2.86. The molecule has 2 N–H and O–H groups in total. The predicted octanol–water partition coefficient (Wildman–Crippen LogP) is 2.87. The largest absolute Gasteiger partial charge is 0.492 e. The van der Waals surface area contributed by atoms with Crippen LogP contribution in [0.2, 0.25) is 0 Å². The molecule has 24 heavy (non-hydrogen) atoms. The quantitative estimate of drug-likeness (QED) is 0.688. The van der Waals surface area contributed by atoms with Crippen molar-refractivity contribution in [1.29, 1.82) is 0 Å². The van der Waals surface area contributed by atoms with E-state index in [1.54, 1.807) is 0 Å². The van der Waals surface area contributed by atoms with Crippen molar-refractivity contribution in [3.8, 4) is 5.75 Å². The third kappa shape index (κ3) is 3.20. The van der Waals surface area contributed by atoms with E-state index in [4.69, 9.17) is 20.2 Å². The Morgan fingerprint density at radius 3 is 2.83 bits per heavy atom. The molecular weight excluding hydrogens is 304 g/mol. The maximum atomic E-state index is 5.60. The lowest BCUT2D eigenvalue weighted by molar-refractivity contribution is 0.126. The average molecular weight is 328 g/mol. The Bertz CT molecular complexity index is 829. The second-order valence-corrected chi connectivity index (χ2v) is 5.62. The fourth-order valence-electron chi connectivity index (χ4n) is 2.88. The van der Waals surface area contributed by atoms with Crippen molar-refractivity contribution in [1.82, 2.24) is 14.5 Å². The predicted molar refractivity (Wildman–Crippen MR) is 95.2 cm³/mol. The lowest BCUT2D eigenvalue weighted by Gasteiger charge is -2.10. The summed E-state index contributed by atoms with van der Waals surface area (Å²) < 4.78 is 13.4. The van der Waals surface area contributed by atoms with Crippen LogP contribution >= 0.6 is 0 Å². The number of pyridine rings is 1. The molecule has 0 unspecified atom stereocenters. The number of imidazole rings is 1. The monoisotopic (exact) mass is 328 g/mol. The number of hydrogen-bond acceptors (Lipinski definition) is 5. The minimum Gasteiger partial charge on any atom is -0.492 e. The molecule has 0 bridgehead atoms. The minimum atomic E-state index is 0.495. The number of aromatic nitrogens is 3. The van der Waals surface area contributed by atoms with Crippen molar-refractivity contribution >= 4 is 21.9 Å². The molecule has 0 amide bonds. The van der Waals surface area contributed by atoms with E-state index in [-0.39, 0.29) is 0 Å². The van der Waals surface area contributed by atoms with Gasteiger partial charge in [-0.05, 0) is 25.5 Å². The van der Waals surface area contributed by atoms with Crippen molar-refractivity contribution in [2.24, 2.45) is 5.73 Å². The van der Waals surface area contributed by atoms with Crippen LogP contribution in [-0.2, 0) is 17.9 Å². The highest BCUT2D eigenvalue weighted by Gasteiger charge is 2.14. The van der Waals surface area contributed by atoms with Gasteiger partial charge in [0.1, 0.15) is 30.3 Å². The Morgan fingerprint density at radius 1 is 1.21 bits per heavy atom. The summed E-state index contributed by atoms with van der Waals surface area (Å²) in [7, 11) is 0. The lowest BCUT2D eigenvalue weighted by Crippen LogP contribution is -2.10. The van der Waals surface area contributed by atoms with Crippen LogP contribution < -0.4 is 10.5 Å². The summed E-state index contributed by atoms with van der Waals surface area (Å²) in [5.41, 5.74) is 8.41. The molecule has 3 rings (SSSR count). The molecule has 0 aliphatic rings. The Kier molecular flexibility index (Phi) is 5.27. The molecule has 0 radical (unpaired) electrons.